The molecule has 2 N–H and O–H groups in total. The maximum Gasteiger partial charge on any atom is 0.321 e. The fraction of sp³-hybridized carbons (Fsp3) is 0.304. The van der Waals surface area contributed by atoms with Crippen LogP contribution in [0.4, 0.5) is 27.9 Å². The van der Waals surface area contributed by atoms with E-state index in [1.54, 1.807) is 6.20 Å². The summed E-state index contributed by atoms with van der Waals surface area (Å²) in [6.07, 6.45) is 2.62. The second kappa shape index (κ2) is 9.42. The zero-order valence-electron chi connectivity index (χ0n) is 17.9. The molecular weight excluding hydrogens is 390 g/mol. The summed E-state index contributed by atoms with van der Waals surface area (Å²) in [6, 6.07) is 15.5. The van der Waals surface area contributed by atoms with Gasteiger partial charge in [-0.3, -0.25) is 0 Å². The normalized spacial score (nSPS) is 13.7. The molecule has 2 amide bonds. The number of nitrogens with one attached hydrogen (secondary N) is 2. The number of amides is 2. The molecular formula is C23H27N7O. The summed E-state index contributed by atoms with van der Waals surface area (Å²) in [6.45, 7) is 6.65. The third kappa shape index (κ3) is 5.09. The van der Waals surface area contributed by atoms with Crippen LogP contribution in [0.15, 0.2) is 54.7 Å². The van der Waals surface area contributed by atoms with Crippen molar-refractivity contribution in [3.8, 4) is 0 Å². The summed E-state index contributed by atoms with van der Waals surface area (Å²) >= 11 is 0. The van der Waals surface area contributed by atoms with Gasteiger partial charge in [0.2, 0.25) is 0 Å². The first kappa shape index (κ1) is 20.6. The number of urea groups is 1. The standard InChI is InChI=1S/C23H27N7O/c1-3-18-8-4-5-9-19(18)27-23(31)30-14-12-29(13-15-30)22-16-21(25-17(2)26-22)28-20-10-6-7-11-24-20/h4-11,16H,3,12-15H2,1-2H3,(H,27,31)(H,24,25,26,28). The van der Waals surface area contributed by atoms with E-state index in [2.05, 4.69) is 37.4 Å². The molecule has 1 aliphatic rings. The number of nitrogens with zero attached hydrogens (tertiary/aromatic N) is 5. The lowest BCUT2D eigenvalue weighted by molar-refractivity contribution is 0.208. The zero-order valence-corrected chi connectivity index (χ0v) is 17.9. The van der Waals surface area contributed by atoms with Gasteiger partial charge >= 0.3 is 6.03 Å². The summed E-state index contributed by atoms with van der Waals surface area (Å²) in [7, 11) is 0. The number of piperazine rings is 1. The lowest BCUT2D eigenvalue weighted by atomic mass is 10.1. The van der Waals surface area contributed by atoms with Gasteiger partial charge in [0.15, 0.2) is 0 Å². The van der Waals surface area contributed by atoms with E-state index in [-0.39, 0.29) is 6.03 Å². The van der Waals surface area contributed by atoms with Crippen LogP contribution in [0.2, 0.25) is 0 Å². The number of benzene rings is 1. The Morgan fingerprint density at radius 1 is 1.00 bits per heavy atom. The number of aryl methyl sites for hydroxylation is 2. The number of para-hydroxylation sites is 1. The molecule has 8 heteroatoms. The number of rotatable bonds is 5. The largest absolute Gasteiger partial charge is 0.353 e. The van der Waals surface area contributed by atoms with E-state index in [1.807, 2.05) is 60.4 Å². The van der Waals surface area contributed by atoms with Crippen molar-refractivity contribution in [3.05, 3.63) is 66.1 Å². The monoisotopic (exact) mass is 417 g/mol. The summed E-state index contributed by atoms with van der Waals surface area (Å²) in [5.41, 5.74) is 2.02. The van der Waals surface area contributed by atoms with Crippen molar-refractivity contribution in [2.24, 2.45) is 0 Å². The first-order chi connectivity index (χ1) is 15.1. The molecule has 0 spiro atoms. The van der Waals surface area contributed by atoms with Crippen LogP contribution in [0.1, 0.15) is 18.3 Å². The second-order valence-electron chi connectivity index (χ2n) is 7.41. The number of aromatic nitrogens is 3. The first-order valence-corrected chi connectivity index (χ1v) is 10.5. The molecule has 1 fully saturated rings. The summed E-state index contributed by atoms with van der Waals surface area (Å²) in [5.74, 6) is 2.98. The molecule has 3 aromatic rings. The van der Waals surface area contributed by atoms with Crippen molar-refractivity contribution in [2.75, 3.05) is 41.7 Å². The highest BCUT2D eigenvalue weighted by Crippen LogP contribution is 2.21. The van der Waals surface area contributed by atoms with Crippen molar-refractivity contribution in [3.63, 3.8) is 0 Å². The average molecular weight is 418 g/mol. The first-order valence-electron chi connectivity index (χ1n) is 10.5. The number of hydrogen-bond acceptors (Lipinski definition) is 6. The highest BCUT2D eigenvalue weighted by molar-refractivity contribution is 5.90. The molecule has 0 saturated carbocycles. The van der Waals surface area contributed by atoms with Crippen molar-refractivity contribution >= 4 is 29.2 Å². The van der Waals surface area contributed by atoms with Crippen molar-refractivity contribution in [1.29, 1.82) is 0 Å². The van der Waals surface area contributed by atoms with Crippen molar-refractivity contribution in [1.82, 2.24) is 19.9 Å². The molecule has 0 bridgehead atoms. The number of anilines is 4. The van der Waals surface area contributed by atoms with Crippen LogP contribution in [0, 0.1) is 6.92 Å². The number of carbonyl (C=O) groups is 1. The topological polar surface area (TPSA) is 86.3 Å². The van der Waals surface area contributed by atoms with Gasteiger partial charge in [-0.05, 0) is 37.1 Å². The molecule has 2 aromatic heterocycles. The molecule has 0 radical (unpaired) electrons. The number of hydrogen-bond donors (Lipinski definition) is 2. The lowest BCUT2D eigenvalue weighted by Crippen LogP contribution is -2.50. The molecule has 31 heavy (non-hydrogen) atoms. The average Bonchev–Trinajstić information content (AvgIpc) is 2.80. The smallest absolute Gasteiger partial charge is 0.321 e. The maximum absolute atomic E-state index is 12.7. The number of pyridine rings is 1. The predicted octanol–water partition coefficient (Wildman–Crippen LogP) is 3.84. The Balaban J connectivity index is 1.39. The van der Waals surface area contributed by atoms with Crippen LogP contribution in [0.3, 0.4) is 0 Å². The Hall–Kier alpha value is -3.68. The molecule has 1 aliphatic heterocycles. The molecule has 0 atom stereocenters. The molecule has 0 aliphatic carbocycles. The van der Waals surface area contributed by atoms with Gasteiger partial charge in [-0.15, -0.1) is 0 Å². The molecule has 8 nitrogen and oxygen atoms in total. The Morgan fingerprint density at radius 3 is 2.52 bits per heavy atom. The SMILES string of the molecule is CCc1ccccc1NC(=O)N1CCN(c2cc(Nc3ccccn3)nc(C)n2)CC1. The molecule has 160 valence electrons. The van der Waals surface area contributed by atoms with Crippen molar-refractivity contribution < 1.29 is 4.79 Å². The zero-order chi connectivity index (χ0) is 21.6. The van der Waals surface area contributed by atoms with E-state index in [1.165, 1.54) is 0 Å². The Bertz CT molecular complexity index is 1030. The van der Waals surface area contributed by atoms with E-state index >= 15 is 0 Å². The van der Waals surface area contributed by atoms with Gasteiger partial charge in [0.1, 0.15) is 23.3 Å². The van der Waals surface area contributed by atoms with Crippen LogP contribution < -0.4 is 15.5 Å². The molecule has 1 saturated heterocycles. The third-order valence-electron chi connectivity index (χ3n) is 5.28. The van der Waals surface area contributed by atoms with Crippen LogP contribution >= 0.6 is 0 Å². The Labute approximate surface area is 182 Å². The van der Waals surface area contributed by atoms with E-state index in [9.17, 15) is 4.79 Å². The van der Waals surface area contributed by atoms with Crippen molar-refractivity contribution in [2.45, 2.75) is 20.3 Å². The second-order valence-corrected chi connectivity index (χ2v) is 7.41. The van der Waals surface area contributed by atoms with Gasteiger partial charge in [0.05, 0.1) is 0 Å². The summed E-state index contributed by atoms with van der Waals surface area (Å²) in [4.78, 5) is 30.1. The van der Waals surface area contributed by atoms with Gasteiger partial charge in [-0.25, -0.2) is 19.7 Å². The van der Waals surface area contributed by atoms with E-state index in [4.69, 9.17) is 0 Å². The van der Waals surface area contributed by atoms with Crippen LogP contribution in [0.25, 0.3) is 0 Å². The van der Waals surface area contributed by atoms with E-state index in [0.717, 1.165) is 29.3 Å². The molecule has 1 aromatic carbocycles. The maximum atomic E-state index is 12.7. The van der Waals surface area contributed by atoms with E-state index < -0.39 is 0 Å². The van der Waals surface area contributed by atoms with Crippen LogP contribution in [-0.4, -0.2) is 52.1 Å². The summed E-state index contributed by atoms with van der Waals surface area (Å²) in [5, 5.41) is 6.28. The third-order valence-corrected chi connectivity index (χ3v) is 5.28. The van der Waals surface area contributed by atoms with Gasteiger partial charge < -0.3 is 20.4 Å². The minimum atomic E-state index is -0.0584. The van der Waals surface area contributed by atoms with Gasteiger partial charge in [0.25, 0.3) is 0 Å². The van der Waals surface area contributed by atoms with Gasteiger partial charge in [-0.1, -0.05) is 31.2 Å². The molecule has 0 unspecified atom stereocenters. The highest BCUT2D eigenvalue weighted by Gasteiger charge is 2.23. The molecule has 4 rings (SSSR count). The Kier molecular flexibility index (Phi) is 6.26. The highest BCUT2D eigenvalue weighted by atomic mass is 16.2. The predicted molar refractivity (Wildman–Crippen MR) is 123 cm³/mol. The quantitative estimate of drug-likeness (QED) is 0.656. The van der Waals surface area contributed by atoms with Crippen LogP contribution in [-0.2, 0) is 6.42 Å². The lowest BCUT2D eigenvalue weighted by Gasteiger charge is -2.35. The van der Waals surface area contributed by atoms with Crippen LogP contribution in [0.5, 0.6) is 0 Å². The minimum Gasteiger partial charge on any atom is -0.353 e. The molecule has 3 heterocycles. The van der Waals surface area contributed by atoms with Gasteiger partial charge in [0, 0.05) is 44.1 Å². The fourth-order valence-electron chi connectivity index (χ4n) is 3.63. The van der Waals surface area contributed by atoms with E-state index in [0.29, 0.717) is 37.8 Å². The van der Waals surface area contributed by atoms with Gasteiger partial charge in [-0.2, -0.15) is 0 Å². The number of carbonyl (C=O) groups excluding carboxylic acids is 1. The Morgan fingerprint density at radius 2 is 1.77 bits per heavy atom. The summed E-state index contributed by atoms with van der Waals surface area (Å²) < 4.78 is 0. The fourth-order valence-corrected chi connectivity index (χ4v) is 3.63. The minimum absolute atomic E-state index is 0.0584.